The Hall–Kier alpha value is -2.29. The van der Waals surface area contributed by atoms with Crippen molar-refractivity contribution < 1.29 is 9.90 Å². The lowest BCUT2D eigenvalue weighted by Crippen LogP contribution is -2.28. The smallest absolute Gasteiger partial charge is 0.303 e. The molecular formula is C22H25NO2. The van der Waals surface area contributed by atoms with Crippen LogP contribution in [0.15, 0.2) is 42.5 Å². The monoisotopic (exact) mass is 335 g/mol. The fourth-order valence-corrected chi connectivity index (χ4v) is 4.64. The van der Waals surface area contributed by atoms with Crippen molar-refractivity contribution in [2.24, 2.45) is 5.92 Å². The normalized spacial score (nSPS) is 24.3. The van der Waals surface area contributed by atoms with Crippen molar-refractivity contribution in [2.45, 2.75) is 51.0 Å². The molecule has 1 fully saturated rings. The van der Waals surface area contributed by atoms with Crippen LogP contribution in [0.5, 0.6) is 0 Å². The Balaban J connectivity index is 1.60. The average molecular weight is 335 g/mol. The predicted molar refractivity (Wildman–Crippen MR) is 100 cm³/mol. The van der Waals surface area contributed by atoms with Gasteiger partial charge in [0.2, 0.25) is 0 Å². The number of carboxylic acids is 1. The first-order chi connectivity index (χ1) is 12.1. The van der Waals surface area contributed by atoms with E-state index in [9.17, 15) is 4.79 Å². The quantitative estimate of drug-likeness (QED) is 0.821. The van der Waals surface area contributed by atoms with Gasteiger partial charge in [-0.15, -0.1) is 0 Å². The lowest BCUT2D eigenvalue weighted by Gasteiger charge is -2.38. The molecule has 1 saturated carbocycles. The molecule has 2 aliphatic rings. The van der Waals surface area contributed by atoms with Crippen LogP contribution in [0.1, 0.15) is 59.9 Å². The van der Waals surface area contributed by atoms with Crippen molar-refractivity contribution in [1.82, 2.24) is 0 Å². The van der Waals surface area contributed by atoms with Gasteiger partial charge in [-0.1, -0.05) is 48.4 Å². The van der Waals surface area contributed by atoms with E-state index in [1.165, 1.54) is 41.6 Å². The number of anilines is 1. The van der Waals surface area contributed by atoms with Crippen LogP contribution in [0.2, 0.25) is 0 Å². The van der Waals surface area contributed by atoms with Crippen molar-refractivity contribution in [1.29, 1.82) is 0 Å². The number of aryl methyl sites for hydroxylation is 2. The maximum absolute atomic E-state index is 10.7. The third kappa shape index (κ3) is 3.15. The molecular weight excluding hydrogens is 310 g/mol. The van der Waals surface area contributed by atoms with E-state index in [1.54, 1.807) is 0 Å². The van der Waals surface area contributed by atoms with Gasteiger partial charge in [0.15, 0.2) is 0 Å². The van der Waals surface area contributed by atoms with Gasteiger partial charge in [0.25, 0.3) is 0 Å². The second-order valence-electron chi connectivity index (χ2n) is 7.55. The molecule has 1 aliphatic carbocycles. The lowest BCUT2D eigenvalue weighted by molar-refractivity contribution is -0.136. The second kappa shape index (κ2) is 6.55. The van der Waals surface area contributed by atoms with E-state index in [-0.39, 0.29) is 6.42 Å². The fourth-order valence-electron chi connectivity index (χ4n) is 4.64. The van der Waals surface area contributed by atoms with E-state index < -0.39 is 5.97 Å². The maximum atomic E-state index is 10.7. The first kappa shape index (κ1) is 16.2. The molecule has 4 rings (SSSR count). The summed E-state index contributed by atoms with van der Waals surface area (Å²) in [5.41, 5.74) is 6.54. The minimum Gasteiger partial charge on any atom is -0.481 e. The molecule has 2 aromatic rings. The first-order valence-electron chi connectivity index (χ1n) is 9.29. The molecule has 1 heterocycles. The minimum absolute atomic E-state index is 0.193. The van der Waals surface area contributed by atoms with Crippen molar-refractivity contribution in [2.75, 3.05) is 5.32 Å². The molecule has 0 bridgehead atoms. The van der Waals surface area contributed by atoms with Gasteiger partial charge in [-0.05, 0) is 60.8 Å². The molecule has 3 atom stereocenters. The second-order valence-corrected chi connectivity index (χ2v) is 7.55. The molecule has 0 radical (unpaired) electrons. The summed E-state index contributed by atoms with van der Waals surface area (Å²) >= 11 is 0. The van der Waals surface area contributed by atoms with Gasteiger partial charge in [0, 0.05) is 12.1 Å². The Kier molecular flexibility index (Phi) is 4.24. The molecule has 2 aromatic carbocycles. The van der Waals surface area contributed by atoms with E-state index >= 15 is 0 Å². The lowest BCUT2D eigenvalue weighted by atomic mass is 9.77. The highest BCUT2D eigenvalue weighted by Crippen LogP contribution is 2.52. The molecule has 0 unspecified atom stereocenters. The van der Waals surface area contributed by atoms with Crippen LogP contribution in [-0.4, -0.2) is 11.1 Å². The third-order valence-corrected chi connectivity index (χ3v) is 5.88. The van der Waals surface area contributed by atoms with E-state index in [2.05, 4.69) is 54.7 Å². The van der Waals surface area contributed by atoms with Gasteiger partial charge >= 0.3 is 5.97 Å². The van der Waals surface area contributed by atoms with Gasteiger partial charge in [0.1, 0.15) is 0 Å². The van der Waals surface area contributed by atoms with Crippen LogP contribution in [0, 0.1) is 12.8 Å². The topological polar surface area (TPSA) is 49.3 Å². The molecule has 2 N–H and O–H groups in total. The summed E-state index contributed by atoms with van der Waals surface area (Å²) in [5, 5.41) is 12.6. The number of hydrogen-bond donors (Lipinski definition) is 2. The summed E-state index contributed by atoms with van der Waals surface area (Å²) in [6.45, 7) is 2.17. The third-order valence-electron chi connectivity index (χ3n) is 5.88. The summed E-state index contributed by atoms with van der Waals surface area (Å²) in [4.78, 5) is 10.7. The van der Waals surface area contributed by atoms with Crippen LogP contribution in [0.25, 0.3) is 0 Å². The molecule has 130 valence electrons. The number of carbonyl (C=O) groups is 1. The van der Waals surface area contributed by atoms with Crippen LogP contribution in [-0.2, 0) is 11.2 Å². The van der Waals surface area contributed by atoms with E-state index in [4.69, 9.17) is 5.11 Å². The summed E-state index contributed by atoms with van der Waals surface area (Å²) in [6.07, 6.45) is 4.66. The summed E-state index contributed by atoms with van der Waals surface area (Å²) in [6, 6.07) is 15.7. The molecule has 3 heteroatoms. The number of aliphatic carboxylic acids is 1. The Morgan fingerprint density at radius 3 is 2.72 bits per heavy atom. The number of carboxylic acid groups (broad SMARTS) is 1. The van der Waals surface area contributed by atoms with Crippen LogP contribution in [0.4, 0.5) is 5.69 Å². The highest BCUT2D eigenvalue weighted by Gasteiger charge is 2.40. The molecule has 0 saturated heterocycles. The summed E-state index contributed by atoms with van der Waals surface area (Å²) < 4.78 is 0. The van der Waals surface area contributed by atoms with Gasteiger partial charge in [0.05, 0.1) is 6.04 Å². The highest BCUT2D eigenvalue weighted by atomic mass is 16.4. The molecule has 3 nitrogen and oxygen atoms in total. The molecule has 0 amide bonds. The van der Waals surface area contributed by atoms with Crippen molar-refractivity contribution in [3.8, 4) is 0 Å². The van der Waals surface area contributed by atoms with Crippen molar-refractivity contribution >= 4 is 11.7 Å². The van der Waals surface area contributed by atoms with Gasteiger partial charge in [-0.2, -0.15) is 0 Å². The first-order valence-corrected chi connectivity index (χ1v) is 9.29. The Morgan fingerprint density at radius 2 is 1.96 bits per heavy atom. The summed E-state index contributed by atoms with van der Waals surface area (Å²) in [5.74, 6) is 0.575. The Morgan fingerprint density at radius 1 is 1.16 bits per heavy atom. The zero-order chi connectivity index (χ0) is 17.4. The van der Waals surface area contributed by atoms with E-state index in [0.29, 0.717) is 24.3 Å². The Labute approximate surface area is 149 Å². The van der Waals surface area contributed by atoms with Gasteiger partial charge in [-0.25, -0.2) is 0 Å². The average Bonchev–Trinajstić information content (AvgIpc) is 3.10. The van der Waals surface area contributed by atoms with Crippen molar-refractivity contribution in [3.05, 3.63) is 64.7 Å². The summed E-state index contributed by atoms with van der Waals surface area (Å²) in [7, 11) is 0. The molecule has 0 spiro atoms. The number of hydrogen-bond acceptors (Lipinski definition) is 2. The Bertz CT molecular complexity index is 781. The molecule has 25 heavy (non-hydrogen) atoms. The largest absolute Gasteiger partial charge is 0.481 e. The van der Waals surface area contributed by atoms with E-state index in [0.717, 1.165) is 5.56 Å². The number of nitrogens with one attached hydrogen (secondary N) is 1. The number of rotatable bonds is 4. The molecule has 1 aliphatic heterocycles. The zero-order valence-corrected chi connectivity index (χ0v) is 14.7. The van der Waals surface area contributed by atoms with Gasteiger partial charge in [-0.3, -0.25) is 4.79 Å². The van der Waals surface area contributed by atoms with Crippen LogP contribution >= 0.6 is 0 Å². The maximum Gasteiger partial charge on any atom is 0.303 e. The molecule has 0 aromatic heterocycles. The zero-order valence-electron chi connectivity index (χ0n) is 14.7. The number of fused-ring (bicyclic) bond motifs is 3. The van der Waals surface area contributed by atoms with Crippen LogP contribution in [0.3, 0.4) is 0 Å². The van der Waals surface area contributed by atoms with Crippen molar-refractivity contribution in [3.63, 3.8) is 0 Å². The standard InChI is InChI=1S/C22H25NO2/c1-14-5-11-20-19(13-14)17-3-2-4-18(17)22(23-20)16-9-6-15(7-10-16)8-12-21(24)25/h5-7,9-11,13,17-18,22-23H,2-4,8,12H2,1H3,(H,24,25)/t17-,18+,22+/m1/s1. The number of benzene rings is 2. The van der Waals surface area contributed by atoms with Gasteiger partial charge < -0.3 is 10.4 Å². The SMILES string of the molecule is Cc1ccc2c(c1)[C@@H]1CCC[C@@H]1[C@H](c1ccc(CCC(=O)O)cc1)N2. The predicted octanol–water partition coefficient (Wildman–Crippen LogP) is 5.06. The van der Waals surface area contributed by atoms with Crippen LogP contribution < -0.4 is 5.32 Å². The van der Waals surface area contributed by atoms with E-state index in [1.807, 2.05) is 0 Å². The fraction of sp³-hybridized carbons (Fsp3) is 0.409. The highest BCUT2D eigenvalue weighted by molar-refractivity contribution is 5.67. The minimum atomic E-state index is -0.737.